The van der Waals surface area contributed by atoms with Crippen molar-refractivity contribution in [1.29, 1.82) is 0 Å². The van der Waals surface area contributed by atoms with Crippen LogP contribution in [0.3, 0.4) is 0 Å². The first-order valence-electron chi connectivity index (χ1n) is 25.6. The first-order chi connectivity index (χ1) is 28.1. The lowest BCUT2D eigenvalue weighted by Crippen LogP contribution is -2.30. The second-order valence-electron chi connectivity index (χ2n) is 19.2. The highest BCUT2D eigenvalue weighted by molar-refractivity contribution is 5.71. The molecular weight excluding hydrogens is 721 g/mol. The molecule has 0 rings (SSSR count). The van der Waals surface area contributed by atoms with Crippen molar-refractivity contribution in [3.05, 3.63) is 0 Å². The van der Waals surface area contributed by atoms with E-state index in [9.17, 15) is 14.4 Å². The Balaban J connectivity index is 4.25. The normalized spacial score (nSPS) is 12.2. The molecule has 0 aromatic rings. The summed E-state index contributed by atoms with van der Waals surface area (Å²) in [5.41, 5.74) is 0. The summed E-state index contributed by atoms with van der Waals surface area (Å²) in [5.74, 6) is 1.58. The van der Waals surface area contributed by atoms with Crippen LogP contribution in [-0.2, 0) is 28.6 Å². The molecule has 0 amide bonds. The molecule has 0 spiro atoms. The zero-order chi connectivity index (χ0) is 42.7. The van der Waals surface area contributed by atoms with Crippen molar-refractivity contribution in [1.82, 2.24) is 0 Å². The number of carbonyl (C=O) groups excluding carboxylic acids is 3. The van der Waals surface area contributed by atoms with Gasteiger partial charge in [0.15, 0.2) is 6.10 Å². The maximum atomic E-state index is 12.7. The Morgan fingerprint density at radius 2 is 0.500 bits per heavy atom. The van der Waals surface area contributed by atoms with Gasteiger partial charge in [-0.15, -0.1) is 0 Å². The molecule has 0 heterocycles. The Morgan fingerprint density at radius 3 is 0.741 bits per heavy atom. The smallest absolute Gasteiger partial charge is 0.306 e. The fourth-order valence-electron chi connectivity index (χ4n) is 7.76. The van der Waals surface area contributed by atoms with Crippen LogP contribution in [0.1, 0.15) is 279 Å². The van der Waals surface area contributed by atoms with Gasteiger partial charge >= 0.3 is 17.9 Å². The number of carbonyl (C=O) groups is 3. The highest BCUT2D eigenvalue weighted by atomic mass is 16.6. The van der Waals surface area contributed by atoms with Gasteiger partial charge in [-0.2, -0.15) is 0 Å². The molecule has 6 heteroatoms. The molecule has 0 saturated heterocycles. The minimum Gasteiger partial charge on any atom is -0.462 e. The molecule has 0 aromatic carbocycles. The molecule has 1 atom stereocenters. The van der Waals surface area contributed by atoms with E-state index in [0.717, 1.165) is 75.5 Å². The van der Waals surface area contributed by atoms with E-state index in [0.29, 0.717) is 19.3 Å². The largest absolute Gasteiger partial charge is 0.462 e. The first-order valence-corrected chi connectivity index (χ1v) is 25.6. The standard InChI is InChI=1S/C52H100O6/c1-46(2)38-32-26-20-15-12-10-8-7-9-11-13-17-23-29-35-41-50(53)56-44-49(58-52(55)43-37-31-25-19-22-28-34-40-48(5)6)45-57-51(54)42-36-30-24-18-14-16-21-27-33-39-47(3)4/h46-49H,7-45H2,1-6H3/t49-/m1/s1. The Labute approximate surface area is 361 Å². The lowest BCUT2D eigenvalue weighted by molar-refractivity contribution is -0.167. The molecular formula is C52H100O6. The topological polar surface area (TPSA) is 78.9 Å². The van der Waals surface area contributed by atoms with Crippen molar-refractivity contribution in [3.63, 3.8) is 0 Å². The van der Waals surface area contributed by atoms with Crippen molar-refractivity contribution < 1.29 is 28.6 Å². The highest BCUT2D eigenvalue weighted by Crippen LogP contribution is 2.17. The Kier molecular flexibility index (Phi) is 42.3. The van der Waals surface area contributed by atoms with Gasteiger partial charge in [0.2, 0.25) is 0 Å². The number of rotatable bonds is 45. The van der Waals surface area contributed by atoms with Gasteiger partial charge < -0.3 is 14.2 Å². The second kappa shape index (κ2) is 43.5. The maximum absolute atomic E-state index is 12.7. The first kappa shape index (κ1) is 56.4. The quantitative estimate of drug-likeness (QED) is 0.0346. The third-order valence-corrected chi connectivity index (χ3v) is 11.6. The van der Waals surface area contributed by atoms with Crippen molar-refractivity contribution in [2.45, 2.75) is 285 Å². The summed E-state index contributed by atoms with van der Waals surface area (Å²) in [4.78, 5) is 37.9. The average molecular weight is 821 g/mol. The summed E-state index contributed by atoms with van der Waals surface area (Å²) >= 11 is 0. The van der Waals surface area contributed by atoms with Gasteiger partial charge in [-0.1, -0.05) is 241 Å². The molecule has 58 heavy (non-hydrogen) atoms. The Morgan fingerprint density at radius 1 is 0.293 bits per heavy atom. The number of esters is 3. The molecule has 0 aliphatic rings. The maximum Gasteiger partial charge on any atom is 0.306 e. The van der Waals surface area contributed by atoms with Gasteiger partial charge in [-0.05, 0) is 37.0 Å². The van der Waals surface area contributed by atoms with Crippen LogP contribution < -0.4 is 0 Å². The average Bonchev–Trinajstić information content (AvgIpc) is 3.18. The van der Waals surface area contributed by atoms with Crippen LogP contribution >= 0.6 is 0 Å². The molecule has 0 bridgehead atoms. The van der Waals surface area contributed by atoms with Crippen LogP contribution in [0.4, 0.5) is 0 Å². The molecule has 0 unspecified atom stereocenters. The summed E-state index contributed by atoms with van der Waals surface area (Å²) in [6.45, 7) is 13.7. The molecule has 0 aliphatic carbocycles. The van der Waals surface area contributed by atoms with Gasteiger partial charge in [-0.3, -0.25) is 14.4 Å². The molecule has 0 aromatic heterocycles. The van der Waals surface area contributed by atoms with Gasteiger partial charge in [0.25, 0.3) is 0 Å². The third-order valence-electron chi connectivity index (χ3n) is 11.6. The molecule has 0 aliphatic heterocycles. The van der Waals surface area contributed by atoms with Gasteiger partial charge in [0, 0.05) is 19.3 Å². The lowest BCUT2D eigenvalue weighted by Gasteiger charge is -2.18. The molecule has 0 fully saturated rings. The van der Waals surface area contributed by atoms with Crippen LogP contribution in [0.25, 0.3) is 0 Å². The van der Waals surface area contributed by atoms with Crippen LogP contribution in [0.15, 0.2) is 0 Å². The van der Waals surface area contributed by atoms with E-state index < -0.39 is 6.10 Å². The van der Waals surface area contributed by atoms with Crippen LogP contribution in [0.5, 0.6) is 0 Å². The van der Waals surface area contributed by atoms with Crippen LogP contribution in [-0.4, -0.2) is 37.2 Å². The zero-order valence-corrected chi connectivity index (χ0v) is 39.8. The predicted octanol–water partition coefficient (Wildman–Crippen LogP) is 16.4. The molecule has 344 valence electrons. The predicted molar refractivity (Wildman–Crippen MR) is 247 cm³/mol. The van der Waals surface area contributed by atoms with Gasteiger partial charge in [-0.25, -0.2) is 0 Å². The third kappa shape index (κ3) is 45.5. The van der Waals surface area contributed by atoms with Gasteiger partial charge in [0.1, 0.15) is 13.2 Å². The van der Waals surface area contributed by atoms with Crippen molar-refractivity contribution in [3.8, 4) is 0 Å². The number of hydrogen-bond acceptors (Lipinski definition) is 6. The summed E-state index contributed by atoms with van der Waals surface area (Å²) in [6.07, 6.45) is 42.5. The molecule has 6 nitrogen and oxygen atoms in total. The fraction of sp³-hybridized carbons (Fsp3) is 0.942. The fourth-order valence-corrected chi connectivity index (χ4v) is 7.76. The van der Waals surface area contributed by atoms with E-state index in [1.807, 2.05) is 0 Å². The zero-order valence-electron chi connectivity index (χ0n) is 39.8. The van der Waals surface area contributed by atoms with E-state index in [-0.39, 0.29) is 31.1 Å². The molecule has 0 saturated carbocycles. The Hall–Kier alpha value is -1.59. The van der Waals surface area contributed by atoms with Crippen molar-refractivity contribution >= 4 is 17.9 Å². The summed E-state index contributed by atoms with van der Waals surface area (Å²) in [7, 11) is 0. The van der Waals surface area contributed by atoms with E-state index in [1.165, 1.54) is 161 Å². The van der Waals surface area contributed by atoms with Gasteiger partial charge in [0.05, 0.1) is 0 Å². The minimum absolute atomic E-state index is 0.0655. The highest BCUT2D eigenvalue weighted by Gasteiger charge is 2.19. The lowest BCUT2D eigenvalue weighted by atomic mass is 10.0. The van der Waals surface area contributed by atoms with Crippen molar-refractivity contribution in [2.24, 2.45) is 17.8 Å². The van der Waals surface area contributed by atoms with E-state index in [2.05, 4.69) is 41.5 Å². The number of unbranched alkanes of at least 4 members (excludes halogenated alkanes) is 28. The minimum atomic E-state index is -0.763. The van der Waals surface area contributed by atoms with E-state index >= 15 is 0 Å². The summed E-state index contributed by atoms with van der Waals surface area (Å²) in [6, 6.07) is 0. The van der Waals surface area contributed by atoms with Crippen LogP contribution in [0.2, 0.25) is 0 Å². The molecule has 0 radical (unpaired) electrons. The number of ether oxygens (including phenoxy) is 3. The van der Waals surface area contributed by atoms with E-state index in [1.54, 1.807) is 0 Å². The number of hydrogen-bond donors (Lipinski definition) is 0. The van der Waals surface area contributed by atoms with Crippen LogP contribution in [0, 0.1) is 17.8 Å². The SMILES string of the molecule is CC(C)CCCCCCCCCCCCCCCCCC(=O)OC[C@H](COC(=O)CCCCCCCCCCCC(C)C)OC(=O)CCCCCCCCCC(C)C. The van der Waals surface area contributed by atoms with Crippen molar-refractivity contribution in [2.75, 3.05) is 13.2 Å². The Bertz CT molecular complexity index is 898. The summed E-state index contributed by atoms with van der Waals surface area (Å²) in [5, 5.41) is 0. The summed E-state index contributed by atoms with van der Waals surface area (Å²) < 4.78 is 16.8. The molecule has 0 N–H and O–H groups in total. The van der Waals surface area contributed by atoms with E-state index in [4.69, 9.17) is 14.2 Å². The second-order valence-corrected chi connectivity index (χ2v) is 19.2. The monoisotopic (exact) mass is 821 g/mol.